The van der Waals surface area contributed by atoms with E-state index in [1.54, 1.807) is 0 Å². The van der Waals surface area contributed by atoms with Crippen molar-refractivity contribution in [1.82, 2.24) is 13.4 Å². The molecule has 1 aliphatic rings. The molecule has 0 fully saturated rings. The molecule has 5 heteroatoms. The number of pyridine rings is 2. The fourth-order valence-electron chi connectivity index (χ4n) is 14.6. The predicted molar refractivity (Wildman–Crippen MR) is 342 cm³/mol. The van der Waals surface area contributed by atoms with Crippen LogP contribution >= 0.6 is 0 Å². The van der Waals surface area contributed by atoms with Crippen LogP contribution in [0.1, 0.15) is 25.0 Å². The van der Waals surface area contributed by atoms with Crippen LogP contribution in [0.3, 0.4) is 0 Å². The van der Waals surface area contributed by atoms with E-state index in [1.807, 2.05) is 45.2 Å². The van der Waals surface area contributed by atoms with Crippen molar-refractivity contribution in [3.8, 4) is 61.3 Å². The zero-order valence-corrected chi connectivity index (χ0v) is 44.8. The zero-order valence-electron chi connectivity index (χ0n) is 44.8. The van der Waals surface area contributed by atoms with Crippen molar-refractivity contribution in [3.05, 3.63) is 281 Å². The first-order valence-corrected chi connectivity index (χ1v) is 28.2. The lowest BCUT2D eigenvalue weighted by Crippen LogP contribution is -2.26. The average molecular weight is 1050 g/mol. The van der Waals surface area contributed by atoms with Crippen LogP contribution in [0.2, 0.25) is 0 Å². The molecule has 17 aromatic rings. The van der Waals surface area contributed by atoms with Crippen molar-refractivity contribution >= 4 is 97.7 Å². The first kappa shape index (κ1) is 45.3. The van der Waals surface area contributed by atoms with Gasteiger partial charge in [0.1, 0.15) is 0 Å². The van der Waals surface area contributed by atoms with Gasteiger partial charge in [0, 0.05) is 59.3 Å². The van der Waals surface area contributed by atoms with Crippen molar-refractivity contribution in [2.45, 2.75) is 19.3 Å². The Morgan fingerprint density at radius 2 is 0.683 bits per heavy atom. The highest BCUT2D eigenvalue weighted by atomic mass is 16.1. The van der Waals surface area contributed by atoms with Crippen molar-refractivity contribution < 1.29 is 0 Å². The van der Waals surface area contributed by atoms with E-state index >= 15 is 0 Å². The number of para-hydroxylation sites is 2. The van der Waals surface area contributed by atoms with E-state index in [-0.39, 0.29) is 16.5 Å². The van der Waals surface area contributed by atoms with E-state index < -0.39 is 0 Å². The Kier molecular flexibility index (Phi) is 8.97. The fourth-order valence-corrected chi connectivity index (χ4v) is 14.6. The summed E-state index contributed by atoms with van der Waals surface area (Å²) in [5, 5.41) is 12.2. The first-order chi connectivity index (χ1) is 40.2. The normalized spacial score (nSPS) is 13.2. The number of rotatable bonds is 5. The van der Waals surface area contributed by atoms with Crippen molar-refractivity contribution in [2.24, 2.45) is 0 Å². The van der Waals surface area contributed by atoms with Crippen LogP contribution < -0.4 is 11.1 Å². The average Bonchev–Trinajstić information content (AvgIpc) is 1.99. The van der Waals surface area contributed by atoms with Crippen LogP contribution in [0, 0.1) is 0 Å². The second-order valence-corrected chi connectivity index (χ2v) is 23.1. The minimum atomic E-state index is -0.307. The van der Waals surface area contributed by atoms with E-state index in [4.69, 9.17) is 0 Å². The van der Waals surface area contributed by atoms with Crippen LogP contribution in [0.25, 0.3) is 159 Å². The molecule has 0 unspecified atom stereocenters. The summed E-state index contributed by atoms with van der Waals surface area (Å²) in [7, 11) is 0. The fraction of sp³-hybridized carbons (Fsp3) is 0.0390. The molecule has 82 heavy (non-hydrogen) atoms. The summed E-state index contributed by atoms with van der Waals surface area (Å²) in [5.41, 5.74) is 20.8. The molecule has 0 atom stereocenters. The van der Waals surface area contributed by atoms with Crippen LogP contribution in [0.4, 0.5) is 0 Å². The summed E-state index contributed by atoms with van der Waals surface area (Å²) >= 11 is 0. The van der Waals surface area contributed by atoms with Crippen LogP contribution in [-0.4, -0.2) is 13.4 Å². The molecule has 0 bridgehead atoms. The van der Waals surface area contributed by atoms with Gasteiger partial charge in [0.2, 0.25) is 0 Å². The summed E-state index contributed by atoms with van der Waals surface area (Å²) in [5.74, 6) is 0. The largest absolute Gasteiger partial charge is 0.309 e. The Labute approximate surface area is 469 Å². The summed E-state index contributed by atoms with van der Waals surface area (Å²) in [6.07, 6.45) is 0. The Balaban J connectivity index is 0.817. The van der Waals surface area contributed by atoms with E-state index in [0.717, 1.165) is 132 Å². The first-order valence-electron chi connectivity index (χ1n) is 28.2. The highest BCUT2D eigenvalue weighted by Crippen LogP contribution is 2.51. The van der Waals surface area contributed by atoms with Crippen LogP contribution in [-0.2, 0) is 5.41 Å². The number of aromatic nitrogens is 3. The minimum Gasteiger partial charge on any atom is -0.309 e. The quantitative estimate of drug-likeness (QED) is 0.161. The molecule has 0 saturated heterocycles. The lowest BCUT2D eigenvalue weighted by atomic mass is 9.74. The molecule has 1 aliphatic heterocycles. The molecular formula is C77H47N3O2. The SMILES string of the molecule is CC1(C)c2ccccc2-n2c3cc(-c4cccc(-c5ccc6c(c5)c5cc(-c7ccccc7)cc7c8cc(-c9ccccc9)ccc8c(=O)n6c75)c4)ccc3c3cc(-c4cc5c6ccccc6c(=O)n6c7ccccc7c(c4)c56)cc1c32. The highest BCUT2D eigenvalue weighted by Gasteiger charge is 2.36. The molecule has 0 saturated carbocycles. The third kappa shape index (κ3) is 6.06. The monoisotopic (exact) mass is 1050 g/mol. The summed E-state index contributed by atoms with van der Waals surface area (Å²) in [4.78, 5) is 29.1. The lowest BCUT2D eigenvalue weighted by Gasteiger charge is -2.35. The van der Waals surface area contributed by atoms with Gasteiger partial charge in [-0.3, -0.25) is 18.4 Å². The van der Waals surface area contributed by atoms with Gasteiger partial charge in [0.05, 0.1) is 38.8 Å². The molecule has 0 radical (unpaired) electrons. The Morgan fingerprint density at radius 1 is 0.256 bits per heavy atom. The molecule has 0 amide bonds. The Morgan fingerprint density at radius 3 is 1.40 bits per heavy atom. The maximum absolute atomic E-state index is 14.8. The molecule has 382 valence electrons. The maximum Gasteiger partial charge on any atom is 0.263 e. The molecular weight excluding hydrogens is 999 g/mol. The third-order valence-corrected chi connectivity index (χ3v) is 18.5. The van der Waals surface area contributed by atoms with Gasteiger partial charge in [-0.1, -0.05) is 172 Å². The number of hydrogen-bond donors (Lipinski definition) is 0. The van der Waals surface area contributed by atoms with Crippen molar-refractivity contribution in [1.29, 1.82) is 0 Å². The van der Waals surface area contributed by atoms with E-state index in [9.17, 15) is 9.59 Å². The predicted octanol–water partition coefficient (Wildman–Crippen LogP) is 18.8. The topological polar surface area (TPSA) is 47.9 Å². The van der Waals surface area contributed by atoms with Gasteiger partial charge >= 0.3 is 0 Å². The van der Waals surface area contributed by atoms with E-state index in [1.165, 1.54) is 33.1 Å². The van der Waals surface area contributed by atoms with Crippen molar-refractivity contribution in [3.63, 3.8) is 0 Å². The molecule has 0 aliphatic carbocycles. The van der Waals surface area contributed by atoms with Crippen molar-refractivity contribution in [2.75, 3.05) is 0 Å². The lowest BCUT2D eigenvalue weighted by molar-refractivity contribution is 0.630. The molecule has 5 nitrogen and oxygen atoms in total. The second-order valence-electron chi connectivity index (χ2n) is 23.1. The Bertz CT molecular complexity index is 5770. The number of benzene rings is 12. The number of nitrogens with zero attached hydrogens (tertiary/aromatic N) is 3. The second kappa shape index (κ2) is 16.3. The molecule has 0 N–H and O–H groups in total. The molecule has 12 aromatic carbocycles. The van der Waals surface area contributed by atoms with Gasteiger partial charge in [-0.25, -0.2) is 0 Å². The van der Waals surface area contributed by atoms with Crippen LogP contribution in [0.5, 0.6) is 0 Å². The minimum absolute atomic E-state index is 0.00777. The van der Waals surface area contributed by atoms with Crippen LogP contribution in [0.15, 0.2) is 258 Å². The smallest absolute Gasteiger partial charge is 0.263 e. The number of hydrogen-bond acceptors (Lipinski definition) is 2. The summed E-state index contributed by atoms with van der Waals surface area (Å²) < 4.78 is 6.39. The molecule has 18 rings (SSSR count). The standard InChI is InChI=1S/C77H47N3O2/c1-77(2)66-25-12-14-27-70(66)78-71-43-50(28-31-56(71)63-41-53(42-67(77)74(63)78)52-39-61-54-22-9-10-24-57(54)75(81)79-68-26-13-11-23-55(68)62(40-52)72(61)79)47-21-15-20-46(34-47)49-30-33-69-60(36-49)65-38-51(45-18-7-4-8-19-45)37-64-59-35-48(44-16-5-3-6-17-44)29-32-58(59)76(82)80(69)73(64)65/h3-43H,1-2H3. The van der Waals surface area contributed by atoms with Gasteiger partial charge in [-0.2, -0.15) is 0 Å². The van der Waals surface area contributed by atoms with Gasteiger partial charge in [-0.15, -0.1) is 0 Å². The molecule has 6 heterocycles. The third-order valence-electron chi connectivity index (χ3n) is 18.5. The maximum atomic E-state index is 14.8. The molecule has 0 spiro atoms. The molecule has 5 aromatic heterocycles. The number of fused-ring (bicyclic) bond motifs is 15. The summed E-state index contributed by atoms with van der Waals surface area (Å²) in [6, 6.07) is 89.1. The van der Waals surface area contributed by atoms with E-state index in [0.29, 0.717) is 5.39 Å². The van der Waals surface area contributed by atoms with Gasteiger partial charge in [-0.05, 0) is 169 Å². The summed E-state index contributed by atoms with van der Waals surface area (Å²) in [6.45, 7) is 4.74. The highest BCUT2D eigenvalue weighted by molar-refractivity contribution is 6.24. The van der Waals surface area contributed by atoms with Gasteiger partial charge in [0.15, 0.2) is 0 Å². The van der Waals surface area contributed by atoms with E-state index in [2.05, 4.69) is 231 Å². The Hall–Kier alpha value is -10.6. The zero-order chi connectivity index (χ0) is 54.3. The van der Waals surface area contributed by atoms with Gasteiger partial charge < -0.3 is 4.57 Å². The van der Waals surface area contributed by atoms with Gasteiger partial charge in [0.25, 0.3) is 11.1 Å².